The summed E-state index contributed by atoms with van der Waals surface area (Å²) in [6.45, 7) is 4.79. The second-order valence-electron chi connectivity index (χ2n) is 7.01. The first-order valence-corrected chi connectivity index (χ1v) is 11.6. The molecule has 27 heavy (non-hydrogen) atoms. The molecule has 2 heterocycles. The molecular formula is C20H26N2O3S2. The van der Waals surface area contributed by atoms with Crippen molar-refractivity contribution in [1.29, 1.82) is 0 Å². The highest BCUT2D eigenvalue weighted by Gasteiger charge is 2.34. The molecule has 1 amide bonds. The Morgan fingerprint density at radius 3 is 2.67 bits per heavy atom. The Morgan fingerprint density at radius 1 is 1.30 bits per heavy atom. The van der Waals surface area contributed by atoms with Crippen LogP contribution in [0.15, 0.2) is 46.0 Å². The number of aryl methyl sites for hydroxylation is 1. The number of carbonyl (C=O) groups excluding carboxylic acids is 1. The maximum atomic E-state index is 12.8. The van der Waals surface area contributed by atoms with Gasteiger partial charge in [-0.1, -0.05) is 42.8 Å². The average Bonchev–Trinajstić information content (AvgIpc) is 3.22. The summed E-state index contributed by atoms with van der Waals surface area (Å²) < 4.78 is 27.3. The number of piperidine rings is 1. The SMILES string of the molecule is CC[C@@H](NC(=O)[C@H]1CCCN(S(=O)(=O)c2cccs2)C1)c1ccc(C)cc1. The van der Waals surface area contributed by atoms with Gasteiger partial charge in [0.1, 0.15) is 4.21 Å². The summed E-state index contributed by atoms with van der Waals surface area (Å²) in [4.78, 5) is 12.8. The molecule has 1 N–H and O–H groups in total. The van der Waals surface area contributed by atoms with Crippen LogP contribution in [0.3, 0.4) is 0 Å². The number of benzene rings is 1. The maximum absolute atomic E-state index is 12.8. The number of rotatable bonds is 6. The number of carbonyl (C=O) groups is 1. The molecule has 0 saturated carbocycles. The number of hydrogen-bond donors (Lipinski definition) is 1. The molecule has 0 aliphatic carbocycles. The summed E-state index contributed by atoms with van der Waals surface area (Å²) in [7, 11) is -3.50. The zero-order valence-corrected chi connectivity index (χ0v) is 17.4. The molecule has 0 unspecified atom stereocenters. The van der Waals surface area contributed by atoms with Crippen molar-refractivity contribution in [1.82, 2.24) is 9.62 Å². The number of amides is 1. The van der Waals surface area contributed by atoms with Crippen molar-refractivity contribution >= 4 is 27.3 Å². The second kappa shape index (κ2) is 8.54. The van der Waals surface area contributed by atoms with Crippen LogP contribution in [-0.2, 0) is 14.8 Å². The highest BCUT2D eigenvalue weighted by atomic mass is 32.2. The third kappa shape index (κ3) is 4.59. The minimum absolute atomic E-state index is 0.0534. The molecule has 7 heteroatoms. The standard InChI is InChI=1S/C20H26N2O3S2/c1-3-18(16-10-8-15(2)9-11-16)21-20(23)17-6-4-12-22(14-17)27(24,25)19-7-5-13-26-19/h5,7-11,13,17-18H,3-4,6,12,14H2,1-2H3,(H,21,23)/t17-,18+/m0/s1. The van der Waals surface area contributed by atoms with E-state index in [0.29, 0.717) is 23.6 Å². The van der Waals surface area contributed by atoms with Crippen LogP contribution >= 0.6 is 11.3 Å². The van der Waals surface area contributed by atoms with Crippen molar-refractivity contribution in [2.24, 2.45) is 5.92 Å². The van der Waals surface area contributed by atoms with Gasteiger partial charge < -0.3 is 5.32 Å². The summed E-state index contributed by atoms with van der Waals surface area (Å²) in [6, 6.07) is 11.5. The molecule has 146 valence electrons. The molecule has 5 nitrogen and oxygen atoms in total. The first-order chi connectivity index (χ1) is 12.9. The lowest BCUT2D eigenvalue weighted by atomic mass is 9.97. The van der Waals surface area contributed by atoms with Crippen molar-refractivity contribution in [2.45, 2.75) is 43.4 Å². The van der Waals surface area contributed by atoms with Gasteiger partial charge in [-0.2, -0.15) is 4.31 Å². The predicted molar refractivity (Wildman–Crippen MR) is 108 cm³/mol. The van der Waals surface area contributed by atoms with Crippen molar-refractivity contribution in [3.8, 4) is 0 Å². The highest BCUT2D eigenvalue weighted by Crippen LogP contribution is 2.27. The highest BCUT2D eigenvalue weighted by molar-refractivity contribution is 7.91. The molecule has 3 rings (SSSR count). The molecule has 0 spiro atoms. The average molecular weight is 407 g/mol. The third-order valence-electron chi connectivity index (χ3n) is 5.05. The van der Waals surface area contributed by atoms with Gasteiger partial charge in [0.25, 0.3) is 10.0 Å². The largest absolute Gasteiger partial charge is 0.349 e. The summed E-state index contributed by atoms with van der Waals surface area (Å²) in [5.74, 6) is -0.374. The quantitative estimate of drug-likeness (QED) is 0.795. The fraction of sp³-hybridized carbons (Fsp3) is 0.450. The summed E-state index contributed by atoms with van der Waals surface area (Å²) in [6.07, 6.45) is 2.20. The molecular weight excluding hydrogens is 380 g/mol. The molecule has 2 atom stereocenters. The summed E-state index contributed by atoms with van der Waals surface area (Å²) in [5.41, 5.74) is 2.26. The van der Waals surface area contributed by atoms with Crippen LogP contribution in [0.25, 0.3) is 0 Å². The fourth-order valence-electron chi connectivity index (χ4n) is 3.42. The zero-order valence-electron chi connectivity index (χ0n) is 15.7. The van der Waals surface area contributed by atoms with Crippen molar-refractivity contribution in [3.05, 3.63) is 52.9 Å². The van der Waals surface area contributed by atoms with E-state index in [-0.39, 0.29) is 24.4 Å². The lowest BCUT2D eigenvalue weighted by Gasteiger charge is -2.31. The van der Waals surface area contributed by atoms with Crippen LogP contribution < -0.4 is 5.32 Å². The van der Waals surface area contributed by atoms with E-state index in [9.17, 15) is 13.2 Å². The Labute approximate surface area is 165 Å². The molecule has 1 saturated heterocycles. The van der Waals surface area contributed by atoms with E-state index in [1.165, 1.54) is 21.2 Å². The molecule has 1 aliphatic heterocycles. The Hall–Kier alpha value is -1.70. The van der Waals surface area contributed by atoms with Gasteiger partial charge in [-0.05, 0) is 43.2 Å². The molecule has 2 aromatic rings. The normalized spacial score (nSPS) is 19.6. The van der Waals surface area contributed by atoms with Crippen LogP contribution in [0.5, 0.6) is 0 Å². The summed E-state index contributed by atoms with van der Waals surface area (Å²) in [5, 5.41) is 4.88. The van der Waals surface area contributed by atoms with Gasteiger partial charge in [0, 0.05) is 13.1 Å². The predicted octanol–water partition coefficient (Wildman–Crippen LogP) is 3.72. The van der Waals surface area contributed by atoms with Gasteiger partial charge in [0.2, 0.25) is 5.91 Å². The van der Waals surface area contributed by atoms with Gasteiger partial charge in [0.05, 0.1) is 12.0 Å². The van der Waals surface area contributed by atoms with Crippen LogP contribution in [0, 0.1) is 12.8 Å². The minimum Gasteiger partial charge on any atom is -0.349 e. The van der Waals surface area contributed by atoms with Crippen molar-refractivity contribution in [3.63, 3.8) is 0 Å². The van der Waals surface area contributed by atoms with Gasteiger partial charge >= 0.3 is 0 Å². The molecule has 1 aliphatic rings. The second-order valence-corrected chi connectivity index (χ2v) is 10.1. The fourth-order valence-corrected chi connectivity index (χ4v) is 6.09. The van der Waals surface area contributed by atoms with Gasteiger partial charge in [-0.15, -0.1) is 11.3 Å². The minimum atomic E-state index is -3.50. The van der Waals surface area contributed by atoms with E-state index >= 15 is 0 Å². The van der Waals surface area contributed by atoms with Crippen LogP contribution in [-0.4, -0.2) is 31.7 Å². The van der Waals surface area contributed by atoms with Crippen molar-refractivity contribution in [2.75, 3.05) is 13.1 Å². The monoisotopic (exact) mass is 406 g/mol. The van der Waals surface area contributed by atoms with Crippen molar-refractivity contribution < 1.29 is 13.2 Å². The van der Waals surface area contributed by atoms with Crippen LogP contribution in [0.4, 0.5) is 0 Å². The Kier molecular flexibility index (Phi) is 6.34. The Bertz CT molecular complexity index is 861. The van der Waals surface area contributed by atoms with E-state index in [0.717, 1.165) is 12.0 Å². The van der Waals surface area contributed by atoms with Gasteiger partial charge in [0.15, 0.2) is 0 Å². The Balaban J connectivity index is 1.68. The zero-order chi connectivity index (χ0) is 19.4. The van der Waals surface area contributed by atoms with Crippen LogP contribution in [0.2, 0.25) is 0 Å². The van der Waals surface area contributed by atoms with E-state index < -0.39 is 10.0 Å². The first kappa shape index (κ1) is 20.0. The number of thiophene rings is 1. The third-order valence-corrected chi connectivity index (χ3v) is 8.29. The summed E-state index contributed by atoms with van der Waals surface area (Å²) >= 11 is 1.22. The van der Waals surface area contributed by atoms with E-state index in [1.807, 2.05) is 38.1 Å². The first-order valence-electron chi connectivity index (χ1n) is 9.32. The van der Waals surface area contributed by atoms with Crippen LogP contribution in [0.1, 0.15) is 43.4 Å². The lowest BCUT2D eigenvalue weighted by Crippen LogP contribution is -2.45. The molecule has 1 fully saturated rings. The van der Waals surface area contributed by atoms with E-state index in [1.54, 1.807) is 17.5 Å². The Morgan fingerprint density at radius 2 is 2.04 bits per heavy atom. The number of nitrogens with one attached hydrogen (secondary N) is 1. The number of sulfonamides is 1. The number of hydrogen-bond acceptors (Lipinski definition) is 4. The molecule has 0 radical (unpaired) electrons. The number of nitrogens with zero attached hydrogens (tertiary/aromatic N) is 1. The maximum Gasteiger partial charge on any atom is 0.252 e. The molecule has 1 aromatic carbocycles. The molecule has 0 bridgehead atoms. The smallest absolute Gasteiger partial charge is 0.252 e. The lowest BCUT2D eigenvalue weighted by molar-refractivity contribution is -0.126. The molecule has 1 aromatic heterocycles. The van der Waals surface area contributed by atoms with Gasteiger partial charge in [-0.25, -0.2) is 8.42 Å². The van der Waals surface area contributed by atoms with E-state index in [2.05, 4.69) is 5.32 Å². The topological polar surface area (TPSA) is 66.5 Å². The van der Waals surface area contributed by atoms with Gasteiger partial charge in [-0.3, -0.25) is 4.79 Å². The van der Waals surface area contributed by atoms with E-state index in [4.69, 9.17) is 0 Å².